The standard InChI is InChI=1S/C29H29F2N5O3/c1-21-32-29(22-6-8-24(30)9-7-22,23-4-2-5-25(31)20-23)28(37)35(21)15-3-14-33-16-18-34(19-17-33)26-10-12-27(13-11-26)36(38)39/h2,4-13,20H,3,14-19H2,1H3. The first-order valence-electron chi connectivity index (χ1n) is 12.9. The molecule has 2 heterocycles. The minimum absolute atomic E-state index is 0.0773. The molecule has 3 aromatic carbocycles. The van der Waals surface area contributed by atoms with Crippen LogP contribution in [0.5, 0.6) is 0 Å². The summed E-state index contributed by atoms with van der Waals surface area (Å²) in [6.45, 7) is 6.28. The van der Waals surface area contributed by atoms with Gasteiger partial charge in [-0.1, -0.05) is 24.3 Å². The number of benzene rings is 3. The van der Waals surface area contributed by atoms with Crippen molar-refractivity contribution in [1.82, 2.24) is 9.80 Å². The number of halogens is 2. The maximum Gasteiger partial charge on any atom is 0.269 e. The Labute approximate surface area is 225 Å². The quantitative estimate of drug-likeness (QED) is 0.313. The van der Waals surface area contributed by atoms with E-state index in [0.717, 1.165) is 44.8 Å². The molecule has 0 N–H and O–H groups in total. The van der Waals surface area contributed by atoms with E-state index in [1.807, 2.05) is 0 Å². The van der Waals surface area contributed by atoms with Gasteiger partial charge < -0.3 is 4.90 Å². The SMILES string of the molecule is CC1=NC(c2ccc(F)cc2)(c2cccc(F)c2)C(=O)N1CCCN1CCN(c2ccc([N+](=O)[O-])cc2)CC1. The van der Waals surface area contributed by atoms with Crippen LogP contribution in [0.4, 0.5) is 20.2 Å². The summed E-state index contributed by atoms with van der Waals surface area (Å²) in [5.41, 5.74) is 0.473. The largest absolute Gasteiger partial charge is 0.369 e. The van der Waals surface area contributed by atoms with Crippen molar-refractivity contribution in [3.63, 3.8) is 0 Å². The number of amides is 1. The van der Waals surface area contributed by atoms with E-state index in [9.17, 15) is 23.7 Å². The Bertz CT molecular complexity index is 1390. The van der Waals surface area contributed by atoms with Gasteiger partial charge in [-0.25, -0.2) is 13.8 Å². The number of non-ortho nitro benzene ring substituents is 1. The molecule has 2 aliphatic heterocycles. The lowest BCUT2D eigenvalue weighted by atomic mass is 9.82. The van der Waals surface area contributed by atoms with Crippen LogP contribution in [0.15, 0.2) is 77.8 Å². The third-order valence-corrected chi connectivity index (χ3v) is 7.43. The Morgan fingerprint density at radius 2 is 1.59 bits per heavy atom. The predicted octanol–water partition coefficient (Wildman–Crippen LogP) is 4.59. The molecule has 0 saturated carbocycles. The maximum absolute atomic E-state index is 14.2. The number of nitrogens with zero attached hydrogens (tertiary/aromatic N) is 5. The molecule has 0 spiro atoms. The number of rotatable bonds is 8. The number of piperazine rings is 1. The molecule has 39 heavy (non-hydrogen) atoms. The summed E-state index contributed by atoms with van der Waals surface area (Å²) in [6.07, 6.45) is 0.721. The fourth-order valence-electron chi connectivity index (χ4n) is 5.37. The van der Waals surface area contributed by atoms with Crippen molar-refractivity contribution in [2.24, 2.45) is 4.99 Å². The normalized spacial score (nSPS) is 19.9. The van der Waals surface area contributed by atoms with Crippen LogP contribution in [0.25, 0.3) is 0 Å². The van der Waals surface area contributed by atoms with E-state index in [1.54, 1.807) is 36.1 Å². The van der Waals surface area contributed by atoms with E-state index in [0.29, 0.717) is 23.5 Å². The highest BCUT2D eigenvalue weighted by Gasteiger charge is 2.50. The molecule has 1 unspecified atom stereocenters. The molecule has 2 aliphatic rings. The first-order chi connectivity index (χ1) is 18.8. The van der Waals surface area contributed by atoms with Gasteiger partial charge in [0.15, 0.2) is 5.54 Å². The predicted molar refractivity (Wildman–Crippen MR) is 145 cm³/mol. The average Bonchev–Trinajstić information content (AvgIpc) is 3.19. The molecule has 0 aliphatic carbocycles. The van der Waals surface area contributed by atoms with Crippen molar-refractivity contribution in [2.45, 2.75) is 18.9 Å². The average molecular weight is 534 g/mol. The molecule has 1 amide bonds. The summed E-state index contributed by atoms with van der Waals surface area (Å²) < 4.78 is 27.9. The third-order valence-electron chi connectivity index (χ3n) is 7.43. The zero-order chi connectivity index (χ0) is 27.6. The van der Waals surface area contributed by atoms with Crippen molar-refractivity contribution >= 4 is 23.1 Å². The molecule has 10 heteroatoms. The highest BCUT2D eigenvalue weighted by molar-refractivity contribution is 6.09. The molecular formula is C29H29F2N5O3. The van der Waals surface area contributed by atoms with Crippen LogP contribution in [0, 0.1) is 21.7 Å². The van der Waals surface area contributed by atoms with E-state index in [1.165, 1.54) is 48.5 Å². The summed E-state index contributed by atoms with van der Waals surface area (Å²) in [6, 6.07) is 18.1. The molecule has 202 valence electrons. The highest BCUT2D eigenvalue weighted by atomic mass is 19.1. The van der Waals surface area contributed by atoms with Crippen molar-refractivity contribution in [1.29, 1.82) is 0 Å². The molecule has 3 aromatic rings. The van der Waals surface area contributed by atoms with Crippen molar-refractivity contribution < 1.29 is 18.5 Å². The van der Waals surface area contributed by atoms with E-state index in [4.69, 9.17) is 4.99 Å². The van der Waals surface area contributed by atoms with E-state index < -0.39 is 22.1 Å². The van der Waals surface area contributed by atoms with Gasteiger partial charge in [0.2, 0.25) is 0 Å². The number of carbonyl (C=O) groups excluding carboxylic acids is 1. The topological polar surface area (TPSA) is 82.3 Å². The van der Waals surface area contributed by atoms with Crippen LogP contribution in [0.1, 0.15) is 24.5 Å². The Hall–Kier alpha value is -4.18. The van der Waals surface area contributed by atoms with Gasteiger partial charge in [0.05, 0.1) is 4.92 Å². The lowest BCUT2D eigenvalue weighted by molar-refractivity contribution is -0.384. The molecule has 1 saturated heterocycles. The van der Waals surface area contributed by atoms with Crippen molar-refractivity contribution in [3.8, 4) is 0 Å². The second-order valence-electron chi connectivity index (χ2n) is 9.80. The van der Waals surface area contributed by atoms with Gasteiger partial charge in [0.1, 0.15) is 17.5 Å². The third kappa shape index (κ3) is 5.24. The number of nitro benzene ring substituents is 1. The Morgan fingerprint density at radius 1 is 0.897 bits per heavy atom. The zero-order valence-electron chi connectivity index (χ0n) is 21.6. The molecular weight excluding hydrogens is 504 g/mol. The fourth-order valence-corrected chi connectivity index (χ4v) is 5.37. The van der Waals surface area contributed by atoms with Gasteiger partial charge >= 0.3 is 0 Å². The van der Waals surface area contributed by atoms with Crippen LogP contribution in [-0.4, -0.2) is 65.7 Å². The Morgan fingerprint density at radius 3 is 2.23 bits per heavy atom. The molecule has 0 radical (unpaired) electrons. The molecule has 1 fully saturated rings. The van der Waals surface area contributed by atoms with E-state index in [-0.39, 0.29) is 11.6 Å². The number of hydrogen-bond donors (Lipinski definition) is 0. The van der Waals surface area contributed by atoms with E-state index in [2.05, 4.69) is 9.80 Å². The van der Waals surface area contributed by atoms with Crippen molar-refractivity contribution in [2.75, 3.05) is 44.2 Å². The number of carbonyl (C=O) groups is 1. The smallest absolute Gasteiger partial charge is 0.269 e. The van der Waals surface area contributed by atoms with Gasteiger partial charge in [-0.05, 0) is 67.4 Å². The van der Waals surface area contributed by atoms with Gasteiger partial charge in [0.25, 0.3) is 11.6 Å². The second kappa shape index (κ2) is 10.9. The van der Waals surface area contributed by atoms with Crippen LogP contribution < -0.4 is 4.90 Å². The maximum atomic E-state index is 14.2. The zero-order valence-corrected chi connectivity index (χ0v) is 21.6. The summed E-state index contributed by atoms with van der Waals surface area (Å²) in [5, 5.41) is 10.9. The minimum Gasteiger partial charge on any atom is -0.369 e. The lowest BCUT2D eigenvalue weighted by Crippen LogP contribution is -2.47. The Kier molecular flexibility index (Phi) is 7.38. The number of amidine groups is 1. The Balaban J connectivity index is 1.23. The number of anilines is 1. The van der Waals surface area contributed by atoms with Crippen LogP contribution >= 0.6 is 0 Å². The molecule has 0 bridgehead atoms. The van der Waals surface area contributed by atoms with Gasteiger partial charge in [-0.15, -0.1) is 0 Å². The number of hydrogen-bond acceptors (Lipinski definition) is 6. The summed E-state index contributed by atoms with van der Waals surface area (Å²) >= 11 is 0. The first kappa shape index (κ1) is 26.4. The highest BCUT2D eigenvalue weighted by Crippen LogP contribution is 2.40. The lowest BCUT2D eigenvalue weighted by Gasteiger charge is -2.36. The number of aliphatic imine (C=N–C) groups is 1. The van der Waals surface area contributed by atoms with Crippen LogP contribution in [0.3, 0.4) is 0 Å². The van der Waals surface area contributed by atoms with Crippen LogP contribution in [0.2, 0.25) is 0 Å². The molecule has 5 rings (SSSR count). The van der Waals surface area contributed by atoms with Crippen LogP contribution in [-0.2, 0) is 10.3 Å². The van der Waals surface area contributed by atoms with Gasteiger partial charge in [-0.2, -0.15) is 0 Å². The monoisotopic (exact) mass is 533 g/mol. The minimum atomic E-state index is -1.46. The summed E-state index contributed by atoms with van der Waals surface area (Å²) in [7, 11) is 0. The van der Waals surface area contributed by atoms with Gasteiger partial charge in [0, 0.05) is 50.5 Å². The summed E-state index contributed by atoms with van der Waals surface area (Å²) in [5.74, 6) is -0.637. The van der Waals surface area contributed by atoms with E-state index >= 15 is 0 Å². The molecule has 1 atom stereocenters. The second-order valence-corrected chi connectivity index (χ2v) is 9.80. The fraction of sp³-hybridized carbons (Fsp3) is 0.310. The summed E-state index contributed by atoms with van der Waals surface area (Å²) in [4.78, 5) is 35.3. The molecule has 0 aromatic heterocycles. The van der Waals surface area contributed by atoms with Gasteiger partial charge in [-0.3, -0.25) is 24.7 Å². The number of nitro groups is 1. The molecule has 8 nitrogen and oxygen atoms in total. The van der Waals surface area contributed by atoms with Crippen molar-refractivity contribution in [3.05, 3.63) is 106 Å². The first-order valence-corrected chi connectivity index (χ1v) is 12.9.